The van der Waals surface area contributed by atoms with E-state index in [-0.39, 0.29) is 0 Å². The fourth-order valence-corrected chi connectivity index (χ4v) is 3.68. The fraction of sp³-hybridized carbons (Fsp3) is 0.450. The number of furan rings is 1. The summed E-state index contributed by atoms with van der Waals surface area (Å²) in [6.45, 7) is 7.41. The van der Waals surface area contributed by atoms with Crippen LogP contribution in [0.4, 0.5) is 5.69 Å². The van der Waals surface area contributed by atoms with Crippen molar-refractivity contribution in [2.75, 3.05) is 25.0 Å². The Morgan fingerprint density at radius 1 is 1.16 bits per heavy atom. The van der Waals surface area contributed by atoms with Gasteiger partial charge in [0.05, 0.1) is 25.9 Å². The number of piperidine rings is 1. The number of likely N-dealkylation sites (tertiary alicyclic amines) is 1. The van der Waals surface area contributed by atoms with Crippen LogP contribution in [0.15, 0.2) is 41.0 Å². The second-order valence-corrected chi connectivity index (χ2v) is 7.33. The van der Waals surface area contributed by atoms with Gasteiger partial charge in [-0.15, -0.1) is 0 Å². The first kappa shape index (κ1) is 18.0. The number of hydrogen-bond acceptors (Lipinski definition) is 2. The molecule has 1 fully saturated rings. The van der Waals surface area contributed by atoms with Gasteiger partial charge in [-0.05, 0) is 80.7 Å². The zero-order valence-electron chi connectivity index (χ0n) is 15.1. The average molecular weight is 359 g/mol. The average Bonchev–Trinajstić information content (AvgIpc) is 3.14. The predicted octanol–water partition coefficient (Wildman–Crippen LogP) is 2.99. The lowest BCUT2D eigenvalue weighted by atomic mass is 10.1. The maximum atomic E-state index is 5.70. The van der Waals surface area contributed by atoms with Crippen LogP contribution in [0.1, 0.15) is 42.2 Å². The predicted molar refractivity (Wildman–Crippen MR) is 106 cm³/mol. The second kappa shape index (κ2) is 8.50. The largest absolute Gasteiger partial charge is 0.463 e. The summed E-state index contributed by atoms with van der Waals surface area (Å²) in [7, 11) is 0. The molecular formula is C20H28N3OS+. The van der Waals surface area contributed by atoms with Crippen molar-refractivity contribution in [1.29, 1.82) is 0 Å². The van der Waals surface area contributed by atoms with Crippen LogP contribution in [0.25, 0.3) is 0 Å². The number of rotatable bonds is 5. The Balaban J connectivity index is 1.60. The Labute approximate surface area is 155 Å². The Morgan fingerprint density at radius 3 is 2.64 bits per heavy atom. The molecule has 3 N–H and O–H groups in total. The van der Waals surface area contributed by atoms with Gasteiger partial charge in [-0.1, -0.05) is 6.07 Å². The molecule has 1 aliphatic heterocycles. The summed E-state index contributed by atoms with van der Waals surface area (Å²) in [6.07, 6.45) is 5.68. The molecule has 25 heavy (non-hydrogen) atoms. The lowest BCUT2D eigenvalue weighted by Crippen LogP contribution is -3.13. The molecule has 0 amide bonds. The molecule has 1 aliphatic rings. The minimum absolute atomic E-state index is 0.301. The van der Waals surface area contributed by atoms with E-state index < -0.39 is 0 Å². The van der Waals surface area contributed by atoms with Crippen molar-refractivity contribution in [2.24, 2.45) is 0 Å². The zero-order chi connectivity index (χ0) is 17.6. The normalized spacial score (nSPS) is 16.4. The first-order valence-electron chi connectivity index (χ1n) is 9.13. The molecule has 1 aromatic heterocycles. The van der Waals surface area contributed by atoms with E-state index in [0.29, 0.717) is 11.2 Å². The van der Waals surface area contributed by atoms with E-state index >= 15 is 0 Å². The van der Waals surface area contributed by atoms with Crippen LogP contribution in [-0.2, 0) is 0 Å². The van der Waals surface area contributed by atoms with E-state index in [0.717, 1.165) is 18.0 Å². The quantitative estimate of drug-likeness (QED) is 0.719. The molecule has 2 aromatic rings. The molecule has 2 heterocycles. The molecule has 5 heteroatoms. The lowest BCUT2D eigenvalue weighted by Gasteiger charge is -2.30. The van der Waals surface area contributed by atoms with Gasteiger partial charge >= 0.3 is 0 Å². The number of hydrogen-bond donors (Lipinski definition) is 3. The van der Waals surface area contributed by atoms with Gasteiger partial charge < -0.3 is 20.0 Å². The summed E-state index contributed by atoms with van der Waals surface area (Å²) in [5.41, 5.74) is 3.58. The van der Waals surface area contributed by atoms with E-state index in [9.17, 15) is 0 Å². The summed E-state index contributed by atoms with van der Waals surface area (Å²) in [4.78, 5) is 1.59. The number of thiocarbonyl (C=S) groups is 1. The van der Waals surface area contributed by atoms with Gasteiger partial charge in [0, 0.05) is 5.69 Å². The van der Waals surface area contributed by atoms with Crippen LogP contribution in [0.5, 0.6) is 0 Å². The highest BCUT2D eigenvalue weighted by atomic mass is 32.1. The molecule has 0 unspecified atom stereocenters. The van der Waals surface area contributed by atoms with Crippen molar-refractivity contribution >= 4 is 23.0 Å². The third kappa shape index (κ3) is 4.83. The van der Waals surface area contributed by atoms with Gasteiger partial charge in [0.15, 0.2) is 16.9 Å². The van der Waals surface area contributed by atoms with Crippen molar-refractivity contribution in [3.8, 4) is 0 Å². The van der Waals surface area contributed by atoms with Gasteiger partial charge in [-0.3, -0.25) is 0 Å². The van der Waals surface area contributed by atoms with Crippen LogP contribution >= 0.6 is 12.2 Å². The maximum absolute atomic E-state index is 5.70. The summed E-state index contributed by atoms with van der Waals surface area (Å²) in [6, 6.07) is 10.7. The summed E-state index contributed by atoms with van der Waals surface area (Å²) in [5, 5.41) is 7.35. The van der Waals surface area contributed by atoms with Gasteiger partial charge in [0.25, 0.3) is 0 Å². The third-order valence-electron chi connectivity index (χ3n) is 5.11. The smallest absolute Gasteiger partial charge is 0.171 e. The molecular weight excluding hydrogens is 330 g/mol. The number of benzene rings is 1. The first-order chi connectivity index (χ1) is 12.1. The van der Waals surface area contributed by atoms with Crippen LogP contribution in [0.2, 0.25) is 0 Å². The molecule has 1 saturated heterocycles. The van der Waals surface area contributed by atoms with E-state index in [1.54, 1.807) is 11.2 Å². The number of quaternary nitrogens is 1. The highest BCUT2D eigenvalue weighted by Crippen LogP contribution is 2.15. The van der Waals surface area contributed by atoms with Crippen LogP contribution in [0, 0.1) is 13.8 Å². The molecule has 0 radical (unpaired) electrons. The standard InChI is InChI=1S/C20H27N3OS/c1-15-8-9-17(13-16(15)2)22-20(25)21-14-18(19-7-6-12-24-19)23-10-4-3-5-11-23/h6-9,12-13,18H,3-5,10-11,14H2,1-2H3,(H2,21,22,25)/p+1/t18-/m1/s1. The fourth-order valence-electron chi connectivity index (χ4n) is 3.48. The third-order valence-corrected chi connectivity index (χ3v) is 5.35. The van der Waals surface area contributed by atoms with Crippen molar-refractivity contribution in [3.63, 3.8) is 0 Å². The molecule has 0 aliphatic carbocycles. The molecule has 3 rings (SSSR count). The minimum Gasteiger partial charge on any atom is -0.463 e. The Morgan fingerprint density at radius 2 is 1.96 bits per heavy atom. The molecule has 1 aromatic carbocycles. The van der Waals surface area contributed by atoms with Crippen LogP contribution in [0.3, 0.4) is 0 Å². The summed E-state index contributed by atoms with van der Waals surface area (Å²) < 4.78 is 5.70. The number of anilines is 1. The van der Waals surface area contributed by atoms with Crippen molar-refractivity contribution in [1.82, 2.24) is 5.32 Å². The van der Waals surface area contributed by atoms with E-state index in [2.05, 4.69) is 48.7 Å². The van der Waals surface area contributed by atoms with Crippen molar-refractivity contribution in [2.45, 2.75) is 39.2 Å². The second-order valence-electron chi connectivity index (χ2n) is 6.92. The van der Waals surface area contributed by atoms with Crippen LogP contribution in [-0.4, -0.2) is 24.7 Å². The Kier molecular flexibility index (Phi) is 6.10. The summed E-state index contributed by atoms with van der Waals surface area (Å²) >= 11 is 5.50. The monoisotopic (exact) mass is 358 g/mol. The highest BCUT2D eigenvalue weighted by molar-refractivity contribution is 7.80. The molecule has 0 saturated carbocycles. The topological polar surface area (TPSA) is 41.6 Å². The first-order valence-corrected chi connectivity index (χ1v) is 9.54. The lowest BCUT2D eigenvalue weighted by molar-refractivity contribution is -0.936. The van der Waals surface area contributed by atoms with E-state index in [4.69, 9.17) is 16.6 Å². The van der Waals surface area contributed by atoms with Gasteiger partial charge in [-0.2, -0.15) is 0 Å². The van der Waals surface area contributed by atoms with Crippen molar-refractivity contribution < 1.29 is 9.32 Å². The van der Waals surface area contributed by atoms with Crippen LogP contribution < -0.4 is 15.5 Å². The number of aryl methyl sites for hydroxylation is 2. The van der Waals surface area contributed by atoms with Crippen molar-refractivity contribution in [3.05, 3.63) is 53.5 Å². The summed E-state index contributed by atoms with van der Waals surface area (Å²) in [5.74, 6) is 1.04. The maximum Gasteiger partial charge on any atom is 0.171 e. The van der Waals surface area contributed by atoms with E-state index in [1.807, 2.05) is 6.07 Å². The van der Waals surface area contributed by atoms with E-state index in [1.165, 1.54) is 43.5 Å². The van der Waals surface area contributed by atoms with Gasteiger partial charge in [0.1, 0.15) is 0 Å². The molecule has 134 valence electrons. The molecule has 0 spiro atoms. The minimum atomic E-state index is 0.301. The SMILES string of the molecule is Cc1ccc(NC(=S)NC[C@H](c2ccco2)[NH+]2CCCCC2)cc1C. The Hall–Kier alpha value is -1.85. The van der Waals surface area contributed by atoms with Gasteiger partial charge in [-0.25, -0.2) is 0 Å². The molecule has 0 bridgehead atoms. The molecule has 1 atom stereocenters. The van der Waals surface area contributed by atoms with Gasteiger partial charge in [0.2, 0.25) is 0 Å². The Bertz CT molecular complexity index is 693. The number of nitrogens with one attached hydrogen (secondary N) is 3. The highest BCUT2D eigenvalue weighted by Gasteiger charge is 2.28. The molecule has 4 nitrogen and oxygen atoms in total. The zero-order valence-corrected chi connectivity index (χ0v) is 15.9.